The number of benzene rings is 1. The van der Waals surface area contributed by atoms with Gasteiger partial charge in [0, 0.05) is 12.8 Å². The summed E-state index contributed by atoms with van der Waals surface area (Å²) in [6.07, 6.45) is 3.14. The normalized spacial score (nSPS) is 19.2. The molecule has 0 aromatic heterocycles. The van der Waals surface area contributed by atoms with Gasteiger partial charge in [0.05, 0.1) is 6.04 Å². The summed E-state index contributed by atoms with van der Waals surface area (Å²) in [7, 11) is -0.380. The number of carbonyl (C=O) groups is 1. The van der Waals surface area contributed by atoms with E-state index in [1.807, 2.05) is 18.2 Å². The molecule has 1 amide bonds. The van der Waals surface area contributed by atoms with E-state index >= 15 is 0 Å². The molecule has 1 aromatic carbocycles. The number of nitrogens with two attached hydrogens (primary N) is 1. The Morgan fingerprint density at radius 2 is 2.15 bits per heavy atom. The molecule has 2 N–H and O–H groups in total. The van der Waals surface area contributed by atoms with Crippen LogP contribution in [0, 0.1) is 0 Å². The Bertz CT molecular complexity index is 476. The number of amides is 1. The first-order chi connectivity index (χ1) is 9.65. The zero-order chi connectivity index (χ0) is 14.4. The minimum absolute atomic E-state index is 0.225. The van der Waals surface area contributed by atoms with Crippen LogP contribution in [0.25, 0.3) is 0 Å². The number of primary amides is 1. The first-order valence-corrected chi connectivity index (χ1v) is 8.64. The van der Waals surface area contributed by atoms with Crippen LogP contribution in [0.2, 0.25) is 0 Å². The van der Waals surface area contributed by atoms with Crippen LogP contribution >= 0.6 is 7.92 Å². The molecule has 20 heavy (non-hydrogen) atoms. The molecule has 4 nitrogen and oxygen atoms in total. The largest absolute Gasteiger partial charge is 0.479 e. The molecule has 1 aromatic rings. The number of ether oxygens (including phenoxy) is 1. The van der Waals surface area contributed by atoms with E-state index in [1.54, 1.807) is 0 Å². The lowest BCUT2D eigenvalue weighted by atomic mass is 10.4. The molecule has 0 saturated heterocycles. The molecule has 1 unspecified atom stereocenters. The maximum Gasteiger partial charge on any atom is 0.217 e. The number of aliphatic imine (C=N–C) groups is 1. The van der Waals surface area contributed by atoms with E-state index in [1.165, 1.54) is 5.30 Å². The van der Waals surface area contributed by atoms with Crippen LogP contribution in [0.1, 0.15) is 19.8 Å². The highest BCUT2D eigenvalue weighted by Gasteiger charge is 2.17. The van der Waals surface area contributed by atoms with Crippen molar-refractivity contribution in [2.24, 2.45) is 10.7 Å². The lowest BCUT2D eigenvalue weighted by Crippen LogP contribution is -2.15. The quantitative estimate of drug-likeness (QED) is 0.780. The Kier molecular flexibility index (Phi) is 5.54. The van der Waals surface area contributed by atoms with Gasteiger partial charge in [-0.2, -0.15) is 0 Å². The zero-order valence-corrected chi connectivity index (χ0v) is 12.7. The van der Waals surface area contributed by atoms with Crippen LogP contribution in [-0.4, -0.2) is 36.8 Å². The fourth-order valence-electron chi connectivity index (χ4n) is 2.16. The van der Waals surface area contributed by atoms with E-state index in [4.69, 9.17) is 10.5 Å². The number of hydrogen-bond donors (Lipinski definition) is 1. The lowest BCUT2D eigenvalue weighted by Gasteiger charge is -2.17. The lowest BCUT2D eigenvalue weighted by molar-refractivity contribution is -0.117. The molecule has 5 heteroatoms. The van der Waals surface area contributed by atoms with E-state index in [2.05, 4.69) is 24.0 Å². The second-order valence-corrected chi connectivity index (χ2v) is 7.46. The summed E-state index contributed by atoms with van der Waals surface area (Å²) in [6.45, 7) is 2.75. The van der Waals surface area contributed by atoms with Crippen LogP contribution in [0.15, 0.2) is 35.3 Å². The van der Waals surface area contributed by atoms with E-state index in [-0.39, 0.29) is 19.9 Å². The number of nitrogens with zero attached hydrogens (tertiary/aromatic N) is 1. The van der Waals surface area contributed by atoms with Gasteiger partial charge < -0.3 is 10.5 Å². The molecular weight excluding hydrogens is 271 g/mol. The van der Waals surface area contributed by atoms with Crippen molar-refractivity contribution in [1.82, 2.24) is 0 Å². The average Bonchev–Trinajstić information content (AvgIpc) is 2.85. The van der Waals surface area contributed by atoms with Gasteiger partial charge in [0.25, 0.3) is 0 Å². The predicted molar refractivity (Wildman–Crippen MR) is 84.0 cm³/mol. The van der Waals surface area contributed by atoms with E-state index < -0.39 is 0 Å². The highest BCUT2D eigenvalue weighted by Crippen LogP contribution is 2.36. The molecule has 108 valence electrons. The summed E-state index contributed by atoms with van der Waals surface area (Å²) in [4.78, 5) is 15.5. The molecule has 1 aliphatic heterocycles. The standard InChI is InChI=1S/C15H21N2O2P/c1-12-11-19-15(17-12)8-10-20(9-7-14(16)18)13-5-3-2-4-6-13/h2-6,12H,7-11H2,1H3,(H2,16,18)/t12-,20?/m1/s1. The Morgan fingerprint density at radius 3 is 2.75 bits per heavy atom. The number of carbonyl (C=O) groups excluding carboxylic acids is 1. The molecule has 0 radical (unpaired) electrons. The summed E-state index contributed by atoms with van der Waals surface area (Å²) < 4.78 is 5.55. The van der Waals surface area contributed by atoms with Gasteiger partial charge in [-0.1, -0.05) is 38.3 Å². The topological polar surface area (TPSA) is 64.7 Å². The minimum Gasteiger partial charge on any atom is -0.479 e. The molecule has 0 saturated carbocycles. The first-order valence-electron chi connectivity index (χ1n) is 6.93. The number of hydrogen-bond acceptors (Lipinski definition) is 3. The monoisotopic (exact) mass is 292 g/mol. The number of rotatable bonds is 7. The van der Waals surface area contributed by atoms with Crippen molar-refractivity contribution in [3.05, 3.63) is 30.3 Å². The first kappa shape index (κ1) is 15.0. The van der Waals surface area contributed by atoms with Crippen LogP contribution in [0.5, 0.6) is 0 Å². The highest BCUT2D eigenvalue weighted by atomic mass is 31.1. The Balaban J connectivity index is 1.95. The van der Waals surface area contributed by atoms with Crippen molar-refractivity contribution in [1.29, 1.82) is 0 Å². The average molecular weight is 292 g/mol. The van der Waals surface area contributed by atoms with E-state index in [0.717, 1.165) is 24.6 Å². The third-order valence-electron chi connectivity index (χ3n) is 3.20. The van der Waals surface area contributed by atoms with Crippen molar-refractivity contribution >= 4 is 25.0 Å². The van der Waals surface area contributed by atoms with Crippen LogP contribution in [-0.2, 0) is 9.53 Å². The minimum atomic E-state index is -0.380. The molecule has 0 aliphatic carbocycles. The Labute approximate surface area is 121 Å². The predicted octanol–water partition coefficient (Wildman–Crippen LogP) is 1.88. The maximum absolute atomic E-state index is 11.0. The molecule has 0 fully saturated rings. The van der Waals surface area contributed by atoms with Crippen molar-refractivity contribution in [3.8, 4) is 0 Å². The summed E-state index contributed by atoms with van der Waals surface area (Å²) in [5.74, 6) is 0.636. The van der Waals surface area contributed by atoms with Gasteiger partial charge in [0.2, 0.25) is 5.91 Å². The fourth-order valence-corrected chi connectivity index (χ4v) is 4.44. The van der Waals surface area contributed by atoms with E-state index in [9.17, 15) is 4.79 Å². The fraction of sp³-hybridized carbons (Fsp3) is 0.467. The zero-order valence-electron chi connectivity index (χ0n) is 11.8. The van der Waals surface area contributed by atoms with Crippen LogP contribution < -0.4 is 11.0 Å². The van der Waals surface area contributed by atoms with Crippen molar-refractivity contribution in [2.45, 2.75) is 25.8 Å². The molecule has 0 spiro atoms. The van der Waals surface area contributed by atoms with Gasteiger partial charge in [-0.05, 0) is 24.6 Å². The van der Waals surface area contributed by atoms with Crippen molar-refractivity contribution < 1.29 is 9.53 Å². The van der Waals surface area contributed by atoms with E-state index in [0.29, 0.717) is 13.0 Å². The molecular formula is C15H21N2O2P. The van der Waals surface area contributed by atoms with Crippen LogP contribution in [0.3, 0.4) is 0 Å². The van der Waals surface area contributed by atoms with Gasteiger partial charge in [0.1, 0.15) is 6.61 Å². The summed E-state index contributed by atoms with van der Waals surface area (Å²) in [5, 5.41) is 1.32. The van der Waals surface area contributed by atoms with Crippen molar-refractivity contribution in [3.63, 3.8) is 0 Å². The van der Waals surface area contributed by atoms with Gasteiger partial charge in [0.15, 0.2) is 5.90 Å². The summed E-state index contributed by atoms with van der Waals surface area (Å²) in [5.41, 5.74) is 5.28. The third-order valence-corrected chi connectivity index (χ3v) is 5.76. The SMILES string of the molecule is C[C@@H]1COC(CCP(CCC(N)=O)c2ccccc2)=N1. The molecule has 1 heterocycles. The molecule has 2 atom stereocenters. The maximum atomic E-state index is 11.0. The Morgan fingerprint density at radius 1 is 1.40 bits per heavy atom. The van der Waals surface area contributed by atoms with Gasteiger partial charge in [-0.3, -0.25) is 4.79 Å². The van der Waals surface area contributed by atoms with Crippen LogP contribution in [0.4, 0.5) is 0 Å². The summed E-state index contributed by atoms with van der Waals surface area (Å²) in [6, 6.07) is 10.6. The molecule has 0 bridgehead atoms. The molecule has 2 rings (SSSR count). The smallest absolute Gasteiger partial charge is 0.217 e. The molecule has 1 aliphatic rings. The van der Waals surface area contributed by atoms with Crippen molar-refractivity contribution in [2.75, 3.05) is 18.9 Å². The van der Waals surface area contributed by atoms with Gasteiger partial charge >= 0.3 is 0 Å². The Hall–Kier alpha value is -1.41. The van der Waals surface area contributed by atoms with Gasteiger partial charge in [-0.25, -0.2) is 4.99 Å². The van der Waals surface area contributed by atoms with Gasteiger partial charge in [-0.15, -0.1) is 0 Å². The second kappa shape index (κ2) is 7.39. The highest BCUT2D eigenvalue weighted by molar-refractivity contribution is 7.65. The third kappa shape index (κ3) is 4.61. The second-order valence-electron chi connectivity index (χ2n) is 4.97. The summed E-state index contributed by atoms with van der Waals surface area (Å²) >= 11 is 0.